The Morgan fingerprint density at radius 1 is 1.33 bits per heavy atom. The summed E-state index contributed by atoms with van der Waals surface area (Å²) in [6, 6.07) is 0.379. The molecule has 1 aliphatic heterocycles. The lowest BCUT2D eigenvalue weighted by Gasteiger charge is -2.20. The molecule has 33 heavy (non-hydrogen) atoms. The van der Waals surface area contributed by atoms with Crippen LogP contribution in [-0.4, -0.2) is 56.1 Å². The standard InChI is InChI=1S/C20H21F4N7O2/c1-29-17-7-16(14(24)8-21)27-31(17)5-4-15(20(29)33)26-19(32)18-25-10-30(28-18)9-11-2-3-12(22)6-13(11)23/h3,6-7,10-11,14-15H,2,4-5,8-9H2,1H3,(H,26,32)/t11?,14-,15-/m0/s1. The maximum absolute atomic E-state index is 13.9. The number of fused-ring (bicyclic) bond motifs is 1. The summed E-state index contributed by atoms with van der Waals surface area (Å²) in [5.74, 6) is -2.95. The van der Waals surface area contributed by atoms with Gasteiger partial charge in [-0.15, -0.1) is 5.10 Å². The van der Waals surface area contributed by atoms with Gasteiger partial charge in [0.25, 0.3) is 11.8 Å². The highest BCUT2D eigenvalue weighted by molar-refractivity contribution is 6.00. The monoisotopic (exact) mass is 467 g/mol. The van der Waals surface area contributed by atoms with E-state index < -0.39 is 48.3 Å². The number of allylic oxidation sites excluding steroid dienone is 4. The number of alkyl halides is 2. The van der Waals surface area contributed by atoms with Crippen molar-refractivity contribution in [1.29, 1.82) is 0 Å². The van der Waals surface area contributed by atoms with Crippen molar-refractivity contribution in [2.24, 2.45) is 5.92 Å². The summed E-state index contributed by atoms with van der Waals surface area (Å²) in [4.78, 5) is 30.6. The molecule has 0 saturated heterocycles. The number of nitrogens with one attached hydrogen (secondary N) is 1. The summed E-state index contributed by atoms with van der Waals surface area (Å²) in [7, 11) is 1.45. The van der Waals surface area contributed by atoms with Gasteiger partial charge in [-0.3, -0.25) is 19.2 Å². The zero-order chi connectivity index (χ0) is 23.7. The highest BCUT2D eigenvalue weighted by Crippen LogP contribution is 2.27. The van der Waals surface area contributed by atoms with Gasteiger partial charge >= 0.3 is 0 Å². The fourth-order valence-corrected chi connectivity index (χ4v) is 3.72. The van der Waals surface area contributed by atoms with Gasteiger partial charge in [0.05, 0.1) is 6.54 Å². The van der Waals surface area contributed by atoms with E-state index in [9.17, 15) is 27.2 Å². The Kier molecular flexibility index (Phi) is 6.29. The summed E-state index contributed by atoms with van der Waals surface area (Å²) in [5.41, 5.74) is -0.105. The molecular formula is C20H21F4N7O2. The van der Waals surface area contributed by atoms with Gasteiger partial charge in [-0.1, -0.05) is 0 Å². The van der Waals surface area contributed by atoms with Gasteiger partial charge < -0.3 is 5.32 Å². The van der Waals surface area contributed by atoms with Crippen LogP contribution in [0.1, 0.15) is 35.3 Å². The molecule has 3 atom stereocenters. The molecule has 3 heterocycles. The second kappa shape index (κ2) is 9.16. The Morgan fingerprint density at radius 3 is 2.85 bits per heavy atom. The number of amides is 2. The Morgan fingerprint density at radius 2 is 2.12 bits per heavy atom. The third-order valence-corrected chi connectivity index (χ3v) is 5.55. The van der Waals surface area contributed by atoms with Gasteiger partial charge in [-0.05, 0) is 18.9 Å². The molecule has 0 bridgehead atoms. The zero-order valence-corrected chi connectivity index (χ0v) is 17.6. The van der Waals surface area contributed by atoms with Crippen LogP contribution in [0.25, 0.3) is 0 Å². The molecule has 0 fully saturated rings. The second-order valence-electron chi connectivity index (χ2n) is 7.83. The molecule has 0 aromatic carbocycles. The molecule has 0 saturated carbocycles. The minimum atomic E-state index is -1.88. The minimum absolute atomic E-state index is 0.0649. The van der Waals surface area contributed by atoms with Crippen LogP contribution >= 0.6 is 0 Å². The number of rotatable bonds is 6. The van der Waals surface area contributed by atoms with E-state index in [2.05, 4.69) is 20.5 Å². The van der Waals surface area contributed by atoms with Gasteiger partial charge in [0.15, 0.2) is 6.17 Å². The Labute approximate surface area is 185 Å². The van der Waals surface area contributed by atoms with Gasteiger partial charge in [0.2, 0.25) is 5.82 Å². The lowest BCUT2D eigenvalue weighted by molar-refractivity contribution is -0.120. The fraction of sp³-hybridized carbons (Fsp3) is 0.450. The first-order valence-electron chi connectivity index (χ1n) is 10.2. The summed E-state index contributed by atoms with van der Waals surface area (Å²) in [6.07, 6.45) is 1.78. The SMILES string of the molecule is CN1C(=O)[C@@H](NC(=O)c2ncn(CC3CC=C(F)C=C3F)n2)CCn2nc([C@@H](F)CF)cc21. The van der Waals surface area contributed by atoms with Crippen molar-refractivity contribution in [3.05, 3.63) is 47.7 Å². The fourth-order valence-electron chi connectivity index (χ4n) is 3.72. The summed E-state index contributed by atoms with van der Waals surface area (Å²) in [6.45, 7) is -0.965. The van der Waals surface area contributed by atoms with Crippen molar-refractivity contribution in [2.45, 2.75) is 38.1 Å². The van der Waals surface area contributed by atoms with Crippen molar-refractivity contribution in [1.82, 2.24) is 29.9 Å². The molecule has 1 aliphatic carbocycles. The van der Waals surface area contributed by atoms with E-state index >= 15 is 0 Å². The highest BCUT2D eigenvalue weighted by Gasteiger charge is 2.32. The van der Waals surface area contributed by atoms with E-state index in [1.807, 2.05) is 0 Å². The lowest BCUT2D eigenvalue weighted by atomic mass is 9.99. The van der Waals surface area contributed by atoms with Crippen molar-refractivity contribution < 1.29 is 27.2 Å². The number of nitrogens with zero attached hydrogens (tertiary/aromatic N) is 6. The summed E-state index contributed by atoms with van der Waals surface area (Å²) in [5, 5.41) is 10.6. The maximum atomic E-state index is 13.9. The Bertz CT molecular complexity index is 1130. The highest BCUT2D eigenvalue weighted by atomic mass is 19.2. The molecular weight excluding hydrogens is 446 g/mol. The maximum Gasteiger partial charge on any atom is 0.291 e. The van der Waals surface area contributed by atoms with Crippen LogP contribution in [0, 0.1) is 5.92 Å². The van der Waals surface area contributed by atoms with E-state index in [0.717, 1.165) is 6.08 Å². The third kappa shape index (κ3) is 4.66. The lowest BCUT2D eigenvalue weighted by Crippen LogP contribution is -2.47. The quantitative estimate of drug-likeness (QED) is 0.658. The molecule has 9 nitrogen and oxygen atoms in total. The van der Waals surface area contributed by atoms with Gasteiger partial charge in [-0.25, -0.2) is 27.2 Å². The largest absolute Gasteiger partial charge is 0.337 e. The van der Waals surface area contributed by atoms with E-state index in [1.165, 1.54) is 39.8 Å². The molecule has 13 heteroatoms. The molecule has 1 unspecified atom stereocenters. The molecule has 176 valence electrons. The molecule has 0 spiro atoms. The third-order valence-electron chi connectivity index (χ3n) is 5.55. The average Bonchev–Trinajstić information content (AvgIpc) is 3.42. The van der Waals surface area contributed by atoms with Gasteiger partial charge in [0, 0.05) is 31.7 Å². The summed E-state index contributed by atoms with van der Waals surface area (Å²) < 4.78 is 55.9. The van der Waals surface area contributed by atoms with Crippen LogP contribution < -0.4 is 10.2 Å². The first-order chi connectivity index (χ1) is 15.8. The molecule has 2 aliphatic rings. The number of carbonyl (C=O) groups excluding carboxylic acids is 2. The van der Waals surface area contributed by atoms with E-state index in [4.69, 9.17) is 0 Å². The van der Waals surface area contributed by atoms with Gasteiger partial charge in [-0.2, -0.15) is 5.10 Å². The number of carbonyl (C=O) groups is 2. The number of hydrogen-bond donors (Lipinski definition) is 1. The molecule has 1 N–H and O–H groups in total. The molecule has 2 aromatic rings. The Balaban J connectivity index is 1.40. The van der Waals surface area contributed by atoms with Crippen molar-refractivity contribution >= 4 is 17.6 Å². The first-order valence-corrected chi connectivity index (χ1v) is 10.2. The average molecular weight is 467 g/mol. The van der Waals surface area contributed by atoms with E-state index in [1.54, 1.807) is 0 Å². The van der Waals surface area contributed by atoms with Crippen LogP contribution in [0.5, 0.6) is 0 Å². The molecule has 2 amide bonds. The van der Waals surface area contributed by atoms with Crippen LogP contribution in [0.4, 0.5) is 23.4 Å². The van der Waals surface area contributed by atoms with Crippen LogP contribution in [0.2, 0.25) is 0 Å². The van der Waals surface area contributed by atoms with Crippen molar-refractivity contribution in [2.75, 3.05) is 18.6 Å². The second-order valence-corrected chi connectivity index (χ2v) is 7.83. The Hall–Kier alpha value is -3.51. The van der Waals surface area contributed by atoms with Crippen molar-refractivity contribution in [3.8, 4) is 0 Å². The normalized spacial score (nSPS) is 21.7. The number of hydrogen-bond acceptors (Lipinski definition) is 5. The van der Waals surface area contributed by atoms with Crippen LogP contribution in [0.15, 0.2) is 36.2 Å². The predicted octanol–water partition coefficient (Wildman–Crippen LogP) is 2.35. The number of halogens is 4. The zero-order valence-electron chi connectivity index (χ0n) is 17.6. The van der Waals surface area contributed by atoms with E-state index in [-0.39, 0.29) is 37.4 Å². The number of likely N-dealkylation sites (N-methyl/N-ethyl adjacent to an activating group) is 1. The van der Waals surface area contributed by atoms with Crippen molar-refractivity contribution in [3.63, 3.8) is 0 Å². The number of anilines is 1. The smallest absolute Gasteiger partial charge is 0.291 e. The van der Waals surface area contributed by atoms with E-state index in [0.29, 0.717) is 5.82 Å². The molecule has 2 aromatic heterocycles. The van der Waals surface area contributed by atoms with Gasteiger partial charge in [0.1, 0.15) is 42.2 Å². The number of aromatic nitrogens is 5. The topological polar surface area (TPSA) is 97.9 Å². The van der Waals surface area contributed by atoms with Crippen LogP contribution in [0.3, 0.4) is 0 Å². The molecule has 4 rings (SSSR count). The number of aryl methyl sites for hydroxylation is 1. The minimum Gasteiger partial charge on any atom is -0.337 e. The summed E-state index contributed by atoms with van der Waals surface area (Å²) >= 11 is 0. The van der Waals surface area contributed by atoms with Crippen LogP contribution in [-0.2, 0) is 17.9 Å². The predicted molar refractivity (Wildman–Crippen MR) is 108 cm³/mol. The molecule has 0 radical (unpaired) electrons. The first kappa shape index (κ1) is 22.7.